The van der Waals surface area contributed by atoms with Crippen molar-refractivity contribution in [3.63, 3.8) is 0 Å². The van der Waals surface area contributed by atoms with Crippen LogP contribution in [-0.2, 0) is 10.0 Å². The van der Waals surface area contributed by atoms with Crippen LogP contribution in [0, 0.1) is 5.82 Å². The topological polar surface area (TPSA) is 49.4 Å². The summed E-state index contributed by atoms with van der Waals surface area (Å²) in [7, 11) is -2.24. The molecule has 0 spiro atoms. The molecule has 1 aromatic rings. The second-order valence-corrected chi connectivity index (χ2v) is 6.06. The third-order valence-electron chi connectivity index (χ3n) is 3.04. The zero-order valence-corrected chi connectivity index (χ0v) is 10.4. The van der Waals surface area contributed by atoms with Gasteiger partial charge in [-0.3, -0.25) is 0 Å². The van der Waals surface area contributed by atoms with E-state index in [1.54, 1.807) is 0 Å². The number of nitrogens with zero attached hydrogens (tertiary/aromatic N) is 1. The van der Waals surface area contributed by atoms with Crippen LogP contribution in [0.3, 0.4) is 0 Å². The maximum absolute atomic E-state index is 13.5. The number of sulfonamides is 1. The van der Waals surface area contributed by atoms with Crippen molar-refractivity contribution < 1.29 is 12.8 Å². The van der Waals surface area contributed by atoms with Crippen LogP contribution in [0.1, 0.15) is 6.42 Å². The lowest BCUT2D eigenvalue weighted by atomic mass is 10.3. The quantitative estimate of drug-likeness (QED) is 0.873. The third kappa shape index (κ3) is 2.34. The van der Waals surface area contributed by atoms with E-state index in [0.29, 0.717) is 6.54 Å². The lowest BCUT2D eigenvalue weighted by Crippen LogP contribution is -2.38. The molecule has 1 atom stereocenters. The van der Waals surface area contributed by atoms with Crippen molar-refractivity contribution >= 4 is 10.0 Å². The molecule has 6 heteroatoms. The summed E-state index contributed by atoms with van der Waals surface area (Å²) < 4.78 is 39.2. The molecule has 0 bridgehead atoms. The van der Waals surface area contributed by atoms with E-state index in [1.807, 2.05) is 0 Å². The predicted molar refractivity (Wildman–Crippen MR) is 62.6 cm³/mol. The highest BCUT2D eigenvalue weighted by atomic mass is 32.2. The Morgan fingerprint density at radius 1 is 1.41 bits per heavy atom. The summed E-state index contributed by atoms with van der Waals surface area (Å²) in [5.74, 6) is -0.703. The van der Waals surface area contributed by atoms with Crippen LogP contribution in [0.2, 0.25) is 0 Å². The normalized spacial score (nSPS) is 21.0. The minimum atomic E-state index is -3.73. The lowest BCUT2D eigenvalue weighted by molar-refractivity contribution is 0.385. The molecule has 1 heterocycles. The Labute approximate surface area is 100 Å². The van der Waals surface area contributed by atoms with Crippen LogP contribution in [0.4, 0.5) is 4.39 Å². The van der Waals surface area contributed by atoms with Crippen LogP contribution in [0.15, 0.2) is 29.2 Å². The van der Waals surface area contributed by atoms with Gasteiger partial charge >= 0.3 is 0 Å². The van der Waals surface area contributed by atoms with Crippen molar-refractivity contribution in [3.05, 3.63) is 30.1 Å². The maximum atomic E-state index is 13.5. The van der Waals surface area contributed by atoms with Crippen molar-refractivity contribution in [2.45, 2.75) is 17.4 Å². The highest BCUT2D eigenvalue weighted by Crippen LogP contribution is 2.21. The summed E-state index contributed by atoms with van der Waals surface area (Å²) in [6, 6.07) is 5.36. The van der Waals surface area contributed by atoms with Gasteiger partial charge in [-0.2, -0.15) is 4.31 Å². The summed E-state index contributed by atoms with van der Waals surface area (Å²) in [5, 5.41) is 3.09. The van der Waals surface area contributed by atoms with Gasteiger partial charge in [-0.1, -0.05) is 12.1 Å². The van der Waals surface area contributed by atoms with Gasteiger partial charge in [0.15, 0.2) is 0 Å². The Hall–Kier alpha value is -0.980. The Kier molecular flexibility index (Phi) is 3.46. The Bertz CT molecular complexity index is 498. The van der Waals surface area contributed by atoms with Gasteiger partial charge in [0, 0.05) is 19.6 Å². The van der Waals surface area contributed by atoms with Crippen molar-refractivity contribution in [1.82, 2.24) is 9.62 Å². The summed E-state index contributed by atoms with van der Waals surface area (Å²) in [6.07, 6.45) is 0.754. The molecule has 1 saturated heterocycles. The molecule has 1 aromatic carbocycles. The predicted octanol–water partition coefficient (Wildman–Crippen LogP) is 0.808. The number of halogens is 1. The van der Waals surface area contributed by atoms with E-state index in [4.69, 9.17) is 0 Å². The number of nitrogens with one attached hydrogen (secondary N) is 1. The molecule has 1 N–H and O–H groups in total. The summed E-state index contributed by atoms with van der Waals surface area (Å²) in [4.78, 5) is -0.255. The molecule has 1 fully saturated rings. The molecule has 2 rings (SSSR count). The fourth-order valence-corrected chi connectivity index (χ4v) is 3.40. The van der Waals surface area contributed by atoms with E-state index in [2.05, 4.69) is 5.32 Å². The van der Waals surface area contributed by atoms with Crippen LogP contribution in [-0.4, -0.2) is 38.9 Å². The summed E-state index contributed by atoms with van der Waals surface area (Å²) in [5.41, 5.74) is 0. The van der Waals surface area contributed by atoms with Gasteiger partial charge in [0.2, 0.25) is 10.0 Å². The van der Waals surface area contributed by atoms with Crippen molar-refractivity contribution in [1.29, 1.82) is 0 Å². The largest absolute Gasteiger partial charge is 0.315 e. The standard InChI is InChI=1S/C11H15FN2O2S/c1-14(9-6-7-13-8-9)17(15,16)11-5-3-2-4-10(11)12/h2-5,9,13H,6-8H2,1H3/t9-/m0/s1. The monoisotopic (exact) mass is 258 g/mol. The summed E-state index contributed by atoms with van der Waals surface area (Å²) >= 11 is 0. The second-order valence-electron chi connectivity index (χ2n) is 4.10. The molecule has 0 aromatic heterocycles. The van der Waals surface area contributed by atoms with E-state index in [-0.39, 0.29) is 10.9 Å². The molecule has 17 heavy (non-hydrogen) atoms. The molecular formula is C11H15FN2O2S. The van der Waals surface area contributed by atoms with E-state index in [9.17, 15) is 12.8 Å². The first kappa shape index (κ1) is 12.5. The van der Waals surface area contributed by atoms with Gasteiger partial charge in [-0.25, -0.2) is 12.8 Å². The van der Waals surface area contributed by atoms with Crippen molar-refractivity contribution in [2.75, 3.05) is 20.1 Å². The number of rotatable bonds is 3. The zero-order valence-electron chi connectivity index (χ0n) is 9.56. The smallest absolute Gasteiger partial charge is 0.246 e. The van der Waals surface area contributed by atoms with Crippen molar-refractivity contribution in [2.24, 2.45) is 0 Å². The van der Waals surface area contributed by atoms with Crippen LogP contribution in [0.25, 0.3) is 0 Å². The average molecular weight is 258 g/mol. The van der Waals surface area contributed by atoms with E-state index >= 15 is 0 Å². The van der Waals surface area contributed by atoms with E-state index in [0.717, 1.165) is 19.0 Å². The van der Waals surface area contributed by atoms with Crippen LogP contribution >= 0.6 is 0 Å². The lowest BCUT2D eigenvalue weighted by Gasteiger charge is -2.23. The molecule has 94 valence electrons. The Balaban J connectivity index is 2.33. The number of likely N-dealkylation sites (N-methyl/N-ethyl adjacent to an activating group) is 1. The Morgan fingerprint density at radius 2 is 2.12 bits per heavy atom. The first-order valence-corrected chi connectivity index (χ1v) is 6.91. The number of benzene rings is 1. The summed E-state index contributed by atoms with van der Waals surface area (Å²) in [6.45, 7) is 1.41. The fraction of sp³-hybridized carbons (Fsp3) is 0.455. The third-order valence-corrected chi connectivity index (χ3v) is 4.99. The first-order chi connectivity index (χ1) is 8.03. The minimum Gasteiger partial charge on any atom is -0.315 e. The highest BCUT2D eigenvalue weighted by Gasteiger charge is 2.31. The average Bonchev–Trinajstić information content (AvgIpc) is 2.81. The maximum Gasteiger partial charge on any atom is 0.246 e. The molecule has 1 aliphatic rings. The van der Waals surface area contributed by atoms with Crippen molar-refractivity contribution in [3.8, 4) is 0 Å². The fourth-order valence-electron chi connectivity index (χ4n) is 1.96. The molecule has 1 aliphatic heterocycles. The molecule has 0 amide bonds. The molecule has 0 saturated carbocycles. The van der Waals surface area contributed by atoms with Gasteiger partial charge < -0.3 is 5.32 Å². The molecule has 0 aliphatic carbocycles. The molecule has 0 radical (unpaired) electrons. The first-order valence-electron chi connectivity index (χ1n) is 5.47. The van der Waals surface area contributed by atoms with Gasteiger partial charge in [-0.15, -0.1) is 0 Å². The van der Waals surface area contributed by atoms with E-state index < -0.39 is 15.8 Å². The zero-order chi connectivity index (χ0) is 12.5. The number of hydrogen-bond acceptors (Lipinski definition) is 3. The van der Waals surface area contributed by atoms with Crippen LogP contribution < -0.4 is 5.32 Å². The minimum absolute atomic E-state index is 0.0976. The molecule has 4 nitrogen and oxygen atoms in total. The van der Waals surface area contributed by atoms with E-state index in [1.165, 1.54) is 29.6 Å². The van der Waals surface area contributed by atoms with Crippen LogP contribution in [0.5, 0.6) is 0 Å². The van der Waals surface area contributed by atoms with Gasteiger partial charge in [0.25, 0.3) is 0 Å². The molecular weight excluding hydrogens is 243 g/mol. The van der Waals surface area contributed by atoms with Gasteiger partial charge in [0.1, 0.15) is 10.7 Å². The Morgan fingerprint density at radius 3 is 2.71 bits per heavy atom. The SMILES string of the molecule is CN([C@H]1CCNC1)S(=O)(=O)c1ccccc1F. The highest BCUT2D eigenvalue weighted by molar-refractivity contribution is 7.89. The molecule has 0 unspecified atom stereocenters. The second kappa shape index (κ2) is 4.72. The van der Waals surface area contributed by atoms with Gasteiger partial charge in [-0.05, 0) is 25.1 Å². The number of hydrogen-bond donors (Lipinski definition) is 1. The van der Waals surface area contributed by atoms with Gasteiger partial charge in [0.05, 0.1) is 0 Å².